The molecule has 0 radical (unpaired) electrons. The number of hydrogen-bond donors (Lipinski definition) is 1. The van der Waals surface area contributed by atoms with E-state index in [2.05, 4.69) is 22.4 Å². The molecule has 2 heterocycles. The summed E-state index contributed by atoms with van der Waals surface area (Å²) in [5.74, 6) is 0.639. The van der Waals surface area contributed by atoms with Gasteiger partial charge in [-0.1, -0.05) is 12.1 Å². The summed E-state index contributed by atoms with van der Waals surface area (Å²) < 4.78 is 33.7. The molecule has 1 N–H and O–H groups in total. The molecule has 3 unspecified atom stereocenters. The topological polar surface area (TPSA) is 94.3 Å². The van der Waals surface area contributed by atoms with E-state index in [-0.39, 0.29) is 17.8 Å². The number of nitrogens with one attached hydrogen (secondary N) is 1. The fourth-order valence-electron chi connectivity index (χ4n) is 2.08. The second-order valence-electron chi connectivity index (χ2n) is 5.17. The standard InChI is InChI=1S/C12H21N3O4S/c1-4-5-13-10-7-18-6-9(10)12-14-11(15-19-12)8(2)20(3,16)17/h8-10,13H,4-7H2,1-3H3. The minimum Gasteiger partial charge on any atom is -0.379 e. The zero-order valence-electron chi connectivity index (χ0n) is 12.0. The normalized spacial score (nSPS) is 24.9. The minimum absolute atomic E-state index is 0.0189. The number of sulfone groups is 1. The molecule has 114 valence electrons. The Morgan fingerprint density at radius 1 is 1.45 bits per heavy atom. The lowest BCUT2D eigenvalue weighted by atomic mass is 10.0. The third kappa shape index (κ3) is 3.36. The van der Waals surface area contributed by atoms with Crippen LogP contribution in [0.4, 0.5) is 0 Å². The van der Waals surface area contributed by atoms with Gasteiger partial charge < -0.3 is 14.6 Å². The van der Waals surface area contributed by atoms with E-state index in [1.165, 1.54) is 0 Å². The van der Waals surface area contributed by atoms with E-state index in [0.29, 0.717) is 19.1 Å². The van der Waals surface area contributed by atoms with Crippen LogP contribution in [0.5, 0.6) is 0 Å². The van der Waals surface area contributed by atoms with Crippen LogP contribution >= 0.6 is 0 Å². The highest BCUT2D eigenvalue weighted by molar-refractivity contribution is 7.90. The van der Waals surface area contributed by atoms with Crippen LogP contribution in [0.1, 0.15) is 43.2 Å². The predicted octanol–water partition coefficient (Wildman–Crippen LogP) is 0.657. The molecule has 0 aromatic carbocycles. The fraction of sp³-hybridized carbons (Fsp3) is 0.833. The largest absolute Gasteiger partial charge is 0.379 e. The maximum atomic E-state index is 11.5. The molecule has 3 atom stereocenters. The molecule has 0 saturated carbocycles. The van der Waals surface area contributed by atoms with E-state index < -0.39 is 15.1 Å². The molecule has 0 bridgehead atoms. The van der Waals surface area contributed by atoms with Crippen LogP contribution in [0, 0.1) is 0 Å². The number of rotatable bonds is 6. The molecular weight excluding hydrogens is 282 g/mol. The van der Waals surface area contributed by atoms with Crippen molar-refractivity contribution >= 4 is 9.84 Å². The first-order chi connectivity index (χ1) is 9.43. The van der Waals surface area contributed by atoms with Crippen molar-refractivity contribution in [3.8, 4) is 0 Å². The zero-order valence-corrected chi connectivity index (χ0v) is 12.8. The third-order valence-corrected chi connectivity index (χ3v) is 5.01. The molecule has 1 fully saturated rings. The van der Waals surface area contributed by atoms with Gasteiger partial charge in [0, 0.05) is 12.3 Å². The molecule has 1 aliphatic heterocycles. The maximum absolute atomic E-state index is 11.5. The summed E-state index contributed by atoms with van der Waals surface area (Å²) in [6.07, 6.45) is 2.20. The lowest BCUT2D eigenvalue weighted by molar-refractivity contribution is 0.184. The third-order valence-electron chi connectivity index (χ3n) is 3.52. The van der Waals surface area contributed by atoms with Crippen molar-refractivity contribution in [2.24, 2.45) is 0 Å². The first kappa shape index (κ1) is 15.4. The molecule has 7 nitrogen and oxygen atoms in total. The molecule has 1 saturated heterocycles. The van der Waals surface area contributed by atoms with Gasteiger partial charge in [0.1, 0.15) is 5.25 Å². The molecule has 2 rings (SSSR count). The van der Waals surface area contributed by atoms with Crippen molar-refractivity contribution in [3.63, 3.8) is 0 Å². The average Bonchev–Trinajstić information content (AvgIpc) is 3.02. The van der Waals surface area contributed by atoms with E-state index in [4.69, 9.17) is 9.26 Å². The molecule has 8 heteroatoms. The van der Waals surface area contributed by atoms with Crippen LogP contribution in [0.3, 0.4) is 0 Å². The quantitative estimate of drug-likeness (QED) is 0.824. The van der Waals surface area contributed by atoms with E-state index in [9.17, 15) is 8.42 Å². The molecule has 0 aliphatic carbocycles. The van der Waals surface area contributed by atoms with Gasteiger partial charge in [-0.25, -0.2) is 8.42 Å². The Morgan fingerprint density at radius 3 is 2.85 bits per heavy atom. The molecule has 20 heavy (non-hydrogen) atoms. The van der Waals surface area contributed by atoms with Crippen LogP contribution in [-0.4, -0.2) is 50.6 Å². The van der Waals surface area contributed by atoms with Gasteiger partial charge in [0.15, 0.2) is 15.7 Å². The summed E-state index contributed by atoms with van der Waals surface area (Å²) in [6, 6.07) is 0.136. The van der Waals surface area contributed by atoms with Crippen molar-refractivity contribution < 1.29 is 17.7 Å². The summed E-state index contributed by atoms with van der Waals surface area (Å²) in [7, 11) is -3.23. The first-order valence-corrected chi connectivity index (χ1v) is 8.72. The number of nitrogens with zero attached hydrogens (tertiary/aromatic N) is 2. The number of aromatic nitrogens is 2. The van der Waals surface area contributed by atoms with E-state index in [1.807, 2.05) is 0 Å². The van der Waals surface area contributed by atoms with Gasteiger partial charge in [0.25, 0.3) is 0 Å². The van der Waals surface area contributed by atoms with Crippen LogP contribution < -0.4 is 5.32 Å². The molecular formula is C12H21N3O4S. The highest BCUT2D eigenvalue weighted by Gasteiger charge is 2.34. The van der Waals surface area contributed by atoms with Crippen molar-refractivity contribution in [2.45, 2.75) is 37.5 Å². The van der Waals surface area contributed by atoms with Crippen molar-refractivity contribution in [3.05, 3.63) is 11.7 Å². The Labute approximate surface area is 119 Å². The van der Waals surface area contributed by atoms with Gasteiger partial charge in [0.2, 0.25) is 5.89 Å². The molecule has 0 spiro atoms. The average molecular weight is 303 g/mol. The summed E-state index contributed by atoms with van der Waals surface area (Å²) in [5, 5.41) is 6.41. The Morgan fingerprint density at radius 2 is 2.20 bits per heavy atom. The molecule has 1 aliphatic rings. The summed E-state index contributed by atoms with van der Waals surface area (Å²) in [4.78, 5) is 4.24. The minimum atomic E-state index is -3.23. The Balaban J connectivity index is 2.12. The number of ether oxygens (including phenoxy) is 1. The Bertz CT molecular complexity index is 543. The van der Waals surface area contributed by atoms with Crippen LogP contribution in [0.15, 0.2) is 4.52 Å². The summed E-state index contributed by atoms with van der Waals surface area (Å²) >= 11 is 0. The van der Waals surface area contributed by atoms with E-state index in [0.717, 1.165) is 19.2 Å². The monoisotopic (exact) mass is 303 g/mol. The van der Waals surface area contributed by atoms with Gasteiger partial charge in [-0.15, -0.1) is 0 Å². The molecule has 1 aromatic heterocycles. The lowest BCUT2D eigenvalue weighted by Crippen LogP contribution is -2.35. The van der Waals surface area contributed by atoms with Gasteiger partial charge in [0.05, 0.1) is 19.1 Å². The van der Waals surface area contributed by atoms with Crippen LogP contribution in [0.2, 0.25) is 0 Å². The van der Waals surface area contributed by atoms with Gasteiger partial charge >= 0.3 is 0 Å². The van der Waals surface area contributed by atoms with Crippen molar-refractivity contribution in [1.82, 2.24) is 15.5 Å². The zero-order chi connectivity index (χ0) is 14.8. The van der Waals surface area contributed by atoms with Crippen molar-refractivity contribution in [2.75, 3.05) is 26.0 Å². The second kappa shape index (κ2) is 6.19. The Kier molecular flexibility index (Phi) is 4.77. The summed E-state index contributed by atoms with van der Waals surface area (Å²) in [6.45, 7) is 5.66. The molecule has 0 amide bonds. The first-order valence-electron chi connectivity index (χ1n) is 6.77. The highest BCUT2D eigenvalue weighted by Crippen LogP contribution is 2.26. The SMILES string of the molecule is CCCNC1COCC1c1nc(C(C)S(C)(=O)=O)no1. The van der Waals surface area contributed by atoms with Crippen LogP contribution in [0.25, 0.3) is 0 Å². The fourth-order valence-corrected chi connectivity index (χ4v) is 2.56. The van der Waals surface area contributed by atoms with E-state index >= 15 is 0 Å². The summed E-state index contributed by atoms with van der Waals surface area (Å²) in [5.41, 5.74) is 0. The van der Waals surface area contributed by atoms with Crippen molar-refractivity contribution in [1.29, 1.82) is 0 Å². The second-order valence-corrected chi connectivity index (χ2v) is 7.53. The van der Waals surface area contributed by atoms with Gasteiger partial charge in [-0.3, -0.25) is 0 Å². The lowest BCUT2D eigenvalue weighted by Gasteiger charge is -2.15. The van der Waals surface area contributed by atoms with Gasteiger partial charge in [-0.05, 0) is 19.9 Å². The Hall–Kier alpha value is -0.990. The smallest absolute Gasteiger partial charge is 0.233 e. The highest BCUT2D eigenvalue weighted by atomic mass is 32.2. The van der Waals surface area contributed by atoms with Gasteiger partial charge in [-0.2, -0.15) is 4.98 Å². The van der Waals surface area contributed by atoms with Crippen LogP contribution in [-0.2, 0) is 14.6 Å². The maximum Gasteiger partial charge on any atom is 0.233 e. The van der Waals surface area contributed by atoms with E-state index in [1.54, 1.807) is 6.92 Å². The molecule has 1 aromatic rings. The number of hydrogen-bond acceptors (Lipinski definition) is 7. The predicted molar refractivity (Wildman–Crippen MR) is 73.2 cm³/mol.